The van der Waals surface area contributed by atoms with Gasteiger partial charge in [-0.15, -0.1) is 0 Å². The zero-order valence-corrected chi connectivity index (χ0v) is 25.7. The number of hydrogen-bond acceptors (Lipinski definition) is 9. The largest absolute Gasteiger partial charge is 0.507 e. The van der Waals surface area contributed by atoms with Gasteiger partial charge in [-0.05, 0) is 56.5 Å². The number of unbranched alkanes of at least 4 members (excludes halogenated alkanes) is 3. The molecule has 2 heterocycles. The molecule has 3 aromatic rings. The molecule has 4 rings (SSSR count). The molecule has 9 nitrogen and oxygen atoms in total. The van der Waals surface area contributed by atoms with Gasteiger partial charge in [-0.25, -0.2) is 14.2 Å². The monoisotopic (exact) mass is 610 g/mol. The molecule has 2 aromatic carbocycles. The van der Waals surface area contributed by atoms with Crippen molar-refractivity contribution in [1.29, 1.82) is 0 Å². The molecule has 1 aliphatic rings. The second-order valence-electron chi connectivity index (χ2n) is 10.1. The highest BCUT2D eigenvalue weighted by atomic mass is 32.1. The molecule has 0 saturated carbocycles. The number of aryl methyl sites for hydroxylation is 2. The van der Waals surface area contributed by atoms with E-state index in [9.17, 15) is 23.9 Å². The van der Waals surface area contributed by atoms with Crippen LogP contribution in [-0.2, 0) is 14.3 Å². The average molecular weight is 611 g/mol. The smallest absolute Gasteiger partial charge is 0.350 e. The molecule has 11 heteroatoms. The van der Waals surface area contributed by atoms with Crippen LogP contribution >= 0.6 is 11.3 Å². The standard InChI is InChI=1S/C32H35FN2O7S/c1-6-8-9-10-15-42-23-14-13-20(17-24(23)40-5)26-25(27(36)21-12-11-18(3)22(33)16-21)28(37)30(38)35(26)32-34-19(4)29(43-32)31(39)41-7-2/h11-14,16-17,26,36H,6-10,15H2,1-5H3/b27-25-. The lowest BCUT2D eigenvalue weighted by atomic mass is 9.94. The molecule has 0 aliphatic carbocycles. The summed E-state index contributed by atoms with van der Waals surface area (Å²) in [5.74, 6) is -2.82. The molecular formula is C32H35FN2O7S. The number of Topliss-reactive ketones (excluding diaryl/α,β-unsaturated/α-hetero) is 1. The van der Waals surface area contributed by atoms with Crippen molar-refractivity contribution in [2.75, 3.05) is 25.2 Å². The number of ether oxygens (including phenoxy) is 3. The molecule has 0 bridgehead atoms. The first-order valence-electron chi connectivity index (χ1n) is 14.2. The van der Waals surface area contributed by atoms with Crippen LogP contribution in [0.15, 0.2) is 42.0 Å². The van der Waals surface area contributed by atoms with Gasteiger partial charge in [0, 0.05) is 5.56 Å². The van der Waals surface area contributed by atoms with Crippen molar-refractivity contribution in [3.63, 3.8) is 0 Å². The van der Waals surface area contributed by atoms with Crippen LogP contribution in [0, 0.1) is 19.7 Å². The van der Waals surface area contributed by atoms with Crippen molar-refractivity contribution in [1.82, 2.24) is 4.98 Å². The number of anilines is 1. The van der Waals surface area contributed by atoms with E-state index in [4.69, 9.17) is 14.2 Å². The number of esters is 1. The number of aromatic nitrogens is 1. The van der Waals surface area contributed by atoms with Crippen LogP contribution in [0.5, 0.6) is 11.5 Å². The summed E-state index contributed by atoms with van der Waals surface area (Å²) in [4.78, 5) is 45.4. The van der Waals surface area contributed by atoms with E-state index in [0.29, 0.717) is 34.9 Å². The molecule has 1 amide bonds. The number of halogens is 1. The Morgan fingerprint density at radius 2 is 1.84 bits per heavy atom. The molecule has 43 heavy (non-hydrogen) atoms. The average Bonchev–Trinajstić information content (AvgIpc) is 3.50. The quantitative estimate of drug-likeness (QED) is 0.0795. The van der Waals surface area contributed by atoms with Crippen molar-refractivity contribution in [2.45, 2.75) is 59.4 Å². The number of hydrogen-bond donors (Lipinski definition) is 1. The fraction of sp³-hybridized carbons (Fsp3) is 0.375. The van der Waals surface area contributed by atoms with Gasteiger partial charge in [0.15, 0.2) is 16.6 Å². The number of ketones is 1. The number of methoxy groups -OCH3 is 1. The van der Waals surface area contributed by atoms with Gasteiger partial charge in [0.1, 0.15) is 16.5 Å². The number of thiazole rings is 1. The number of amides is 1. The Morgan fingerprint density at radius 1 is 1.07 bits per heavy atom. The van der Waals surface area contributed by atoms with Crippen molar-refractivity contribution in [2.24, 2.45) is 0 Å². The van der Waals surface area contributed by atoms with Crippen LogP contribution in [0.3, 0.4) is 0 Å². The normalized spacial score (nSPS) is 16.0. The molecule has 1 N–H and O–H groups in total. The summed E-state index contributed by atoms with van der Waals surface area (Å²) in [6.07, 6.45) is 4.12. The van der Waals surface area contributed by atoms with E-state index in [-0.39, 0.29) is 27.8 Å². The van der Waals surface area contributed by atoms with Gasteiger partial charge in [-0.2, -0.15) is 0 Å². The van der Waals surface area contributed by atoms with E-state index in [2.05, 4.69) is 11.9 Å². The Hall–Kier alpha value is -4.25. The first-order valence-corrected chi connectivity index (χ1v) is 15.0. The SMILES string of the molecule is CCCCCCOc1ccc(C2/C(=C(/O)c3ccc(C)c(F)c3)C(=O)C(=O)N2c2nc(C)c(C(=O)OCC)s2)cc1OC. The molecule has 228 valence electrons. The summed E-state index contributed by atoms with van der Waals surface area (Å²) in [5, 5.41) is 11.4. The second kappa shape index (κ2) is 13.8. The molecule has 0 radical (unpaired) electrons. The molecule has 1 aliphatic heterocycles. The summed E-state index contributed by atoms with van der Waals surface area (Å²) < 4.78 is 31.1. The maximum atomic E-state index is 14.5. The molecule has 1 aromatic heterocycles. The molecule has 1 fully saturated rings. The third-order valence-electron chi connectivity index (χ3n) is 7.10. The van der Waals surface area contributed by atoms with Crippen LogP contribution in [0.1, 0.15) is 77.6 Å². The Bertz CT molecular complexity index is 1560. The molecule has 0 spiro atoms. The van der Waals surface area contributed by atoms with Crippen LogP contribution in [0.2, 0.25) is 0 Å². The zero-order chi connectivity index (χ0) is 31.3. The Morgan fingerprint density at radius 3 is 2.51 bits per heavy atom. The van der Waals surface area contributed by atoms with Gasteiger partial charge in [0.05, 0.1) is 37.6 Å². The molecule has 1 unspecified atom stereocenters. The fourth-order valence-electron chi connectivity index (χ4n) is 4.80. The van der Waals surface area contributed by atoms with E-state index < -0.39 is 35.3 Å². The summed E-state index contributed by atoms with van der Waals surface area (Å²) in [6, 6.07) is 7.86. The number of benzene rings is 2. The van der Waals surface area contributed by atoms with Gasteiger partial charge in [0.25, 0.3) is 5.78 Å². The van der Waals surface area contributed by atoms with E-state index in [1.807, 2.05) is 0 Å². The Kier molecular flexibility index (Phi) is 10.2. The lowest BCUT2D eigenvalue weighted by Gasteiger charge is -2.24. The summed E-state index contributed by atoms with van der Waals surface area (Å²) in [6.45, 7) is 7.61. The number of carbonyl (C=O) groups excluding carboxylic acids is 3. The van der Waals surface area contributed by atoms with Crippen LogP contribution in [0.25, 0.3) is 5.76 Å². The predicted octanol–water partition coefficient (Wildman–Crippen LogP) is 6.67. The van der Waals surface area contributed by atoms with Crippen LogP contribution < -0.4 is 14.4 Å². The van der Waals surface area contributed by atoms with Crippen molar-refractivity contribution in [3.05, 3.63) is 75.0 Å². The van der Waals surface area contributed by atoms with Crippen molar-refractivity contribution >= 4 is 39.9 Å². The maximum absolute atomic E-state index is 14.5. The van der Waals surface area contributed by atoms with E-state index in [1.54, 1.807) is 39.0 Å². The topological polar surface area (TPSA) is 115 Å². The minimum absolute atomic E-state index is 0.0348. The van der Waals surface area contributed by atoms with Crippen molar-refractivity contribution < 1.29 is 38.1 Å². The van der Waals surface area contributed by atoms with Gasteiger partial charge < -0.3 is 19.3 Å². The first kappa shape index (κ1) is 31.7. The number of aliphatic hydroxyl groups excluding tert-OH is 1. The highest BCUT2D eigenvalue weighted by Gasteiger charge is 2.48. The lowest BCUT2D eigenvalue weighted by Crippen LogP contribution is -2.29. The third-order valence-corrected chi connectivity index (χ3v) is 8.24. The summed E-state index contributed by atoms with van der Waals surface area (Å²) >= 11 is 0.901. The highest BCUT2D eigenvalue weighted by molar-refractivity contribution is 7.17. The van der Waals surface area contributed by atoms with Crippen LogP contribution in [-0.4, -0.2) is 48.1 Å². The summed E-state index contributed by atoms with van der Waals surface area (Å²) in [5.41, 5.74) is 0.869. The summed E-state index contributed by atoms with van der Waals surface area (Å²) in [7, 11) is 1.48. The van der Waals surface area contributed by atoms with E-state index in [0.717, 1.165) is 48.0 Å². The number of aliphatic hydroxyl groups is 1. The number of nitrogens with zero attached hydrogens (tertiary/aromatic N) is 2. The molecular weight excluding hydrogens is 575 g/mol. The number of rotatable bonds is 12. The van der Waals surface area contributed by atoms with Gasteiger partial charge in [0.2, 0.25) is 0 Å². The third kappa shape index (κ3) is 6.56. The minimum Gasteiger partial charge on any atom is -0.507 e. The maximum Gasteiger partial charge on any atom is 0.350 e. The first-order chi connectivity index (χ1) is 20.6. The van der Waals surface area contributed by atoms with Gasteiger partial charge in [-0.1, -0.05) is 55.7 Å². The van der Waals surface area contributed by atoms with E-state index >= 15 is 0 Å². The zero-order valence-electron chi connectivity index (χ0n) is 24.9. The lowest BCUT2D eigenvalue weighted by molar-refractivity contribution is -0.132. The Labute approximate surface area is 253 Å². The predicted molar refractivity (Wildman–Crippen MR) is 161 cm³/mol. The molecule has 1 atom stereocenters. The molecule has 1 saturated heterocycles. The van der Waals surface area contributed by atoms with Gasteiger partial charge >= 0.3 is 11.9 Å². The Balaban J connectivity index is 1.85. The number of carbonyl (C=O) groups is 3. The van der Waals surface area contributed by atoms with E-state index in [1.165, 1.54) is 19.2 Å². The van der Waals surface area contributed by atoms with Crippen LogP contribution in [0.4, 0.5) is 9.52 Å². The van der Waals surface area contributed by atoms with Crippen molar-refractivity contribution in [3.8, 4) is 11.5 Å². The second-order valence-corrected chi connectivity index (χ2v) is 11.1. The minimum atomic E-state index is -1.17. The fourth-order valence-corrected chi connectivity index (χ4v) is 5.78. The highest BCUT2D eigenvalue weighted by Crippen LogP contribution is 2.45. The van der Waals surface area contributed by atoms with Gasteiger partial charge in [-0.3, -0.25) is 14.5 Å².